The van der Waals surface area contributed by atoms with Crippen LogP contribution in [0.1, 0.15) is 48.7 Å². The minimum Gasteiger partial charge on any atom is -0.361 e. The Kier molecular flexibility index (Phi) is 10.7. The lowest BCUT2D eigenvalue weighted by Gasteiger charge is -2.29. The van der Waals surface area contributed by atoms with E-state index in [0.29, 0.717) is 30.3 Å². The molecule has 0 N–H and O–H groups in total. The number of benzene rings is 2. The fraction of sp³-hybridized carbons (Fsp3) is 0.568. The lowest BCUT2D eigenvalue weighted by Crippen LogP contribution is -2.39. The van der Waals surface area contributed by atoms with Gasteiger partial charge >= 0.3 is 0 Å². The Balaban J connectivity index is 1.42. The van der Waals surface area contributed by atoms with Crippen molar-refractivity contribution in [1.82, 2.24) is 23.6 Å². The molecule has 2 aliphatic rings. The number of nitrogens with zero attached hydrogens (tertiary/aromatic N) is 5. The van der Waals surface area contributed by atoms with Gasteiger partial charge in [0.25, 0.3) is 0 Å². The van der Waals surface area contributed by atoms with Crippen LogP contribution >= 0.6 is 0 Å². The maximum atomic E-state index is 14.9. The number of hydrogen-bond acceptors (Lipinski definition) is 6. The maximum Gasteiger partial charge on any atom is 0.217 e. The zero-order valence-corrected chi connectivity index (χ0v) is 33.9. The van der Waals surface area contributed by atoms with E-state index < -0.39 is 26.2 Å². The quantitative estimate of drug-likeness (QED) is 0.0899. The van der Waals surface area contributed by atoms with Gasteiger partial charge < -0.3 is 14.0 Å². The van der Waals surface area contributed by atoms with E-state index >= 15 is 0 Å². The molecule has 9 nitrogen and oxygen atoms in total. The first-order valence-electron chi connectivity index (χ1n) is 18.1. The highest BCUT2D eigenvalue weighted by Gasteiger charge is 2.41. The molecule has 1 saturated carbocycles. The summed E-state index contributed by atoms with van der Waals surface area (Å²) < 4.78 is 59.8. The number of halogens is 1. The molecule has 0 saturated heterocycles. The third-order valence-corrected chi connectivity index (χ3v) is 15.8. The molecule has 3 heterocycles. The number of imidazole rings is 1. The Morgan fingerprint density at radius 3 is 2.24 bits per heavy atom. The molecule has 50 heavy (non-hydrogen) atoms. The molecule has 13 heteroatoms. The van der Waals surface area contributed by atoms with Gasteiger partial charge in [-0.25, -0.2) is 22.5 Å². The van der Waals surface area contributed by atoms with Crippen LogP contribution in [-0.2, 0) is 52.5 Å². The molecule has 6 rings (SSSR count). The Bertz CT molecular complexity index is 1980. The van der Waals surface area contributed by atoms with Crippen molar-refractivity contribution in [2.75, 3.05) is 13.2 Å². The van der Waals surface area contributed by atoms with Crippen LogP contribution in [0.5, 0.6) is 0 Å². The normalized spacial score (nSPS) is 16.0. The zero-order chi connectivity index (χ0) is 36.0. The van der Waals surface area contributed by atoms with Gasteiger partial charge in [0.15, 0.2) is 5.82 Å². The van der Waals surface area contributed by atoms with Crippen molar-refractivity contribution < 1.29 is 22.3 Å². The molecule has 272 valence electrons. The number of sulfonamides is 1. The zero-order valence-electron chi connectivity index (χ0n) is 31.1. The minimum atomic E-state index is -3.39. The van der Waals surface area contributed by atoms with E-state index in [1.807, 2.05) is 27.4 Å². The Morgan fingerprint density at radius 2 is 1.62 bits per heavy atom. The second-order valence-electron chi connectivity index (χ2n) is 16.5. The summed E-state index contributed by atoms with van der Waals surface area (Å²) in [4.78, 5) is 5.10. The summed E-state index contributed by atoms with van der Waals surface area (Å²) in [6.07, 6.45) is 3.19. The molecule has 2 aromatic heterocycles. The van der Waals surface area contributed by atoms with Crippen molar-refractivity contribution in [3.63, 3.8) is 0 Å². The number of hydrogen-bond donors (Lipinski definition) is 0. The first-order chi connectivity index (χ1) is 23.6. The molecule has 0 bridgehead atoms. The van der Waals surface area contributed by atoms with Gasteiger partial charge in [0.1, 0.15) is 25.0 Å². The Morgan fingerprint density at radius 1 is 0.940 bits per heavy atom. The molecular weight excluding hydrogens is 686 g/mol. The van der Waals surface area contributed by atoms with Crippen LogP contribution in [0.4, 0.5) is 4.39 Å². The van der Waals surface area contributed by atoms with Crippen LogP contribution in [0.25, 0.3) is 33.5 Å². The van der Waals surface area contributed by atoms with Crippen LogP contribution in [-0.4, -0.2) is 66.7 Å². The third-order valence-electron chi connectivity index (χ3n) is 10.1. The molecule has 1 aliphatic heterocycles. The number of ether oxygens (including phenoxy) is 2. The highest BCUT2D eigenvalue weighted by molar-refractivity contribution is 7.89. The number of rotatable bonds is 15. The fourth-order valence-corrected chi connectivity index (χ4v) is 10.0. The molecule has 0 radical (unpaired) electrons. The standard InChI is InChI=1S/C37H54FN5O4SSi2/c1-9-27-19-26(2)32(38)21-31(27)28-13-14-30-34(20-28)43(25-47-16-18-50(6,7)8)40-36(30)37-39-33-22-41(48(44,45)29-11-10-12-29)23-35(33)42(37)24-46-15-17-49(3,4)5/h13-14,19-21,29H,9-12,15-18,22-25H2,1-8H3. The fourth-order valence-electron chi connectivity index (χ4n) is 6.58. The van der Waals surface area contributed by atoms with E-state index in [0.717, 1.165) is 76.8 Å². The molecule has 0 unspecified atom stereocenters. The summed E-state index contributed by atoms with van der Waals surface area (Å²) in [6.45, 7) is 20.2. The van der Waals surface area contributed by atoms with Crippen LogP contribution in [0.2, 0.25) is 51.4 Å². The van der Waals surface area contributed by atoms with E-state index in [1.54, 1.807) is 17.3 Å². The van der Waals surface area contributed by atoms with Gasteiger partial charge in [0, 0.05) is 34.7 Å². The molecular formula is C37H54FN5O4SSi2. The molecule has 1 fully saturated rings. The maximum absolute atomic E-state index is 14.9. The summed E-state index contributed by atoms with van der Waals surface area (Å²) in [6, 6.07) is 11.8. The van der Waals surface area contributed by atoms with Gasteiger partial charge in [-0.3, -0.25) is 0 Å². The Labute approximate surface area is 299 Å². The average Bonchev–Trinajstić information content (AvgIpc) is 3.68. The van der Waals surface area contributed by atoms with Crippen molar-refractivity contribution >= 4 is 37.1 Å². The first kappa shape index (κ1) is 37.1. The predicted molar refractivity (Wildman–Crippen MR) is 204 cm³/mol. The van der Waals surface area contributed by atoms with Gasteiger partial charge in [-0.1, -0.05) is 64.8 Å². The van der Waals surface area contributed by atoms with Gasteiger partial charge in [-0.05, 0) is 78.7 Å². The summed E-state index contributed by atoms with van der Waals surface area (Å²) in [5.41, 5.74) is 6.70. The van der Waals surface area contributed by atoms with Gasteiger partial charge in [-0.15, -0.1) is 0 Å². The SMILES string of the molecule is CCc1cc(C)c(F)cc1-c1ccc2c(-c3nc4c(n3COCC[Si](C)(C)C)CN(S(=O)(=O)C3CCC3)C4)nn(COCC[Si](C)(C)C)c2c1. The van der Waals surface area contributed by atoms with E-state index in [-0.39, 0.29) is 37.6 Å². The smallest absolute Gasteiger partial charge is 0.217 e. The lowest BCUT2D eigenvalue weighted by atomic mass is 9.95. The third kappa shape index (κ3) is 7.87. The first-order valence-corrected chi connectivity index (χ1v) is 27.0. The number of aryl methyl sites for hydroxylation is 2. The van der Waals surface area contributed by atoms with Crippen LogP contribution in [0.15, 0.2) is 30.3 Å². The summed E-state index contributed by atoms with van der Waals surface area (Å²) in [5.74, 6) is 0.443. The second kappa shape index (κ2) is 14.4. The number of aromatic nitrogens is 4. The topological polar surface area (TPSA) is 91.5 Å². The highest BCUT2D eigenvalue weighted by atomic mass is 32.2. The average molecular weight is 740 g/mol. The van der Waals surface area contributed by atoms with Gasteiger partial charge in [-0.2, -0.15) is 9.40 Å². The van der Waals surface area contributed by atoms with E-state index in [2.05, 4.69) is 52.3 Å². The van der Waals surface area contributed by atoms with E-state index in [4.69, 9.17) is 19.6 Å². The van der Waals surface area contributed by atoms with Crippen LogP contribution < -0.4 is 0 Å². The van der Waals surface area contributed by atoms with Crippen LogP contribution in [0.3, 0.4) is 0 Å². The van der Waals surface area contributed by atoms with Crippen molar-refractivity contribution in [1.29, 1.82) is 0 Å². The van der Waals surface area contributed by atoms with Crippen LogP contribution in [0, 0.1) is 12.7 Å². The lowest BCUT2D eigenvalue weighted by molar-refractivity contribution is 0.0814. The number of fused-ring (bicyclic) bond motifs is 2. The monoisotopic (exact) mass is 739 g/mol. The molecule has 4 aromatic rings. The predicted octanol–water partition coefficient (Wildman–Crippen LogP) is 8.40. The summed E-state index contributed by atoms with van der Waals surface area (Å²) in [5, 5.41) is 5.73. The van der Waals surface area contributed by atoms with Crippen molar-refractivity contribution in [3.05, 3.63) is 58.7 Å². The van der Waals surface area contributed by atoms with E-state index in [9.17, 15) is 12.8 Å². The largest absolute Gasteiger partial charge is 0.361 e. The van der Waals surface area contributed by atoms with Crippen molar-refractivity contribution in [2.45, 2.75) is 123 Å². The molecule has 0 atom stereocenters. The molecule has 1 aliphatic carbocycles. The summed E-state index contributed by atoms with van der Waals surface area (Å²) in [7, 11) is -6.00. The van der Waals surface area contributed by atoms with Gasteiger partial charge in [0.2, 0.25) is 10.0 Å². The van der Waals surface area contributed by atoms with E-state index in [1.165, 1.54) is 0 Å². The highest BCUT2D eigenvalue weighted by Crippen LogP contribution is 2.38. The molecule has 2 aromatic carbocycles. The van der Waals surface area contributed by atoms with Crippen molar-refractivity contribution in [2.24, 2.45) is 0 Å². The van der Waals surface area contributed by atoms with Gasteiger partial charge in [0.05, 0.1) is 35.2 Å². The minimum absolute atomic E-state index is 0.222. The van der Waals surface area contributed by atoms with Crippen molar-refractivity contribution in [3.8, 4) is 22.6 Å². The molecule has 0 amide bonds. The molecule has 0 spiro atoms. The Hall–Kier alpha value is -2.69. The second-order valence-corrected chi connectivity index (χ2v) is 30.0. The summed E-state index contributed by atoms with van der Waals surface area (Å²) >= 11 is 0.